The van der Waals surface area contributed by atoms with Crippen molar-refractivity contribution in [3.8, 4) is 5.75 Å². The Morgan fingerprint density at radius 2 is 1.95 bits per heavy atom. The molecule has 0 atom stereocenters. The van der Waals surface area contributed by atoms with Crippen molar-refractivity contribution in [2.75, 3.05) is 12.3 Å². The van der Waals surface area contributed by atoms with Crippen LogP contribution in [0.1, 0.15) is 6.42 Å². The van der Waals surface area contributed by atoms with E-state index in [-0.39, 0.29) is 5.69 Å². The molecule has 0 saturated heterocycles. The Balaban J connectivity index is 1.88. The van der Waals surface area contributed by atoms with Gasteiger partial charge in [-0.2, -0.15) is 0 Å². The zero-order chi connectivity index (χ0) is 13.7. The van der Waals surface area contributed by atoms with Crippen molar-refractivity contribution in [1.29, 1.82) is 0 Å². The smallest absolute Gasteiger partial charge is 0.328 e. The van der Waals surface area contributed by atoms with Crippen LogP contribution in [0.25, 0.3) is 0 Å². The lowest BCUT2D eigenvalue weighted by molar-refractivity contribution is 0.300. The average Bonchev–Trinajstić information content (AvgIpc) is 2.41. The van der Waals surface area contributed by atoms with E-state index >= 15 is 0 Å². The lowest BCUT2D eigenvalue weighted by Crippen LogP contribution is -2.31. The monoisotopic (exact) mass is 261 g/mol. The van der Waals surface area contributed by atoms with Crippen LogP contribution < -0.4 is 21.7 Å². The average molecular weight is 261 g/mol. The summed E-state index contributed by atoms with van der Waals surface area (Å²) >= 11 is 0. The Labute approximate surface area is 109 Å². The van der Waals surface area contributed by atoms with Crippen molar-refractivity contribution in [2.45, 2.75) is 13.0 Å². The van der Waals surface area contributed by atoms with Crippen molar-refractivity contribution < 1.29 is 4.74 Å². The number of nitrogens with zero attached hydrogens (tertiary/aromatic N) is 1. The van der Waals surface area contributed by atoms with Gasteiger partial charge in [0.05, 0.1) is 6.61 Å². The summed E-state index contributed by atoms with van der Waals surface area (Å²) in [6.45, 7) is 0.919. The molecule has 0 aliphatic rings. The number of rotatable bonds is 5. The lowest BCUT2D eigenvalue weighted by atomic mass is 10.3. The second-order valence-corrected chi connectivity index (χ2v) is 4.05. The number of ether oxygens (including phenoxy) is 1. The quantitative estimate of drug-likeness (QED) is 0.771. The fraction of sp³-hybridized carbons (Fsp3) is 0.231. The number of anilines is 1. The van der Waals surface area contributed by atoms with E-state index in [4.69, 9.17) is 10.5 Å². The molecule has 2 aromatic rings. The topological polar surface area (TPSA) is 90.1 Å². The van der Waals surface area contributed by atoms with Crippen LogP contribution in [0.5, 0.6) is 5.75 Å². The largest absolute Gasteiger partial charge is 0.494 e. The maximum Gasteiger partial charge on any atom is 0.328 e. The van der Waals surface area contributed by atoms with Crippen LogP contribution in [-0.2, 0) is 6.54 Å². The normalized spacial score (nSPS) is 10.3. The number of nitrogen functional groups attached to an aromatic ring is 1. The van der Waals surface area contributed by atoms with Gasteiger partial charge in [-0.05, 0) is 18.6 Å². The maximum atomic E-state index is 11.5. The van der Waals surface area contributed by atoms with E-state index in [9.17, 15) is 9.59 Å². The fourth-order valence-corrected chi connectivity index (χ4v) is 1.63. The number of nitrogens with two attached hydrogens (primary N) is 1. The number of para-hydroxylation sites is 1. The van der Waals surface area contributed by atoms with Gasteiger partial charge in [0, 0.05) is 12.7 Å². The fourth-order valence-electron chi connectivity index (χ4n) is 1.63. The maximum absolute atomic E-state index is 11.5. The molecule has 0 spiro atoms. The van der Waals surface area contributed by atoms with Crippen LogP contribution in [-0.4, -0.2) is 16.2 Å². The minimum atomic E-state index is -0.554. The second-order valence-electron chi connectivity index (χ2n) is 4.05. The van der Waals surface area contributed by atoms with E-state index in [1.54, 1.807) is 0 Å². The van der Waals surface area contributed by atoms with Crippen molar-refractivity contribution >= 4 is 5.69 Å². The van der Waals surface area contributed by atoms with E-state index in [2.05, 4.69) is 4.98 Å². The molecule has 3 N–H and O–H groups in total. The highest BCUT2D eigenvalue weighted by molar-refractivity contribution is 5.30. The van der Waals surface area contributed by atoms with E-state index in [1.165, 1.54) is 10.8 Å². The molecule has 0 saturated carbocycles. The molecule has 0 bridgehead atoms. The summed E-state index contributed by atoms with van der Waals surface area (Å²) in [7, 11) is 0. The van der Waals surface area contributed by atoms with Gasteiger partial charge in [-0.3, -0.25) is 14.3 Å². The van der Waals surface area contributed by atoms with E-state index in [1.807, 2.05) is 30.3 Å². The Kier molecular flexibility index (Phi) is 4.02. The first-order valence-electron chi connectivity index (χ1n) is 5.94. The summed E-state index contributed by atoms with van der Waals surface area (Å²) in [5.74, 6) is 0.788. The number of benzene rings is 1. The summed E-state index contributed by atoms with van der Waals surface area (Å²) in [5.41, 5.74) is 4.47. The lowest BCUT2D eigenvalue weighted by Gasteiger charge is -2.07. The van der Waals surface area contributed by atoms with Gasteiger partial charge in [-0.1, -0.05) is 18.2 Å². The van der Waals surface area contributed by atoms with Crippen LogP contribution in [0, 0.1) is 0 Å². The zero-order valence-corrected chi connectivity index (χ0v) is 10.3. The molecule has 1 aromatic heterocycles. The highest BCUT2D eigenvalue weighted by Gasteiger charge is 2.01. The first kappa shape index (κ1) is 12.9. The van der Waals surface area contributed by atoms with Crippen LogP contribution in [0.2, 0.25) is 0 Å². The highest BCUT2D eigenvalue weighted by atomic mass is 16.5. The van der Waals surface area contributed by atoms with Crippen LogP contribution >= 0.6 is 0 Å². The molecule has 0 fully saturated rings. The summed E-state index contributed by atoms with van der Waals surface area (Å²) in [4.78, 5) is 24.7. The molecule has 1 aromatic carbocycles. The molecule has 6 heteroatoms. The SMILES string of the molecule is Nc1cn(CCCOc2ccccc2)c(=O)[nH]c1=O. The van der Waals surface area contributed by atoms with Crippen LogP contribution in [0.4, 0.5) is 5.69 Å². The van der Waals surface area contributed by atoms with Gasteiger partial charge in [0.1, 0.15) is 11.4 Å². The second kappa shape index (κ2) is 5.90. The minimum Gasteiger partial charge on any atom is -0.494 e. The van der Waals surface area contributed by atoms with Gasteiger partial charge < -0.3 is 10.5 Å². The van der Waals surface area contributed by atoms with Crippen molar-refractivity contribution in [2.24, 2.45) is 0 Å². The summed E-state index contributed by atoms with van der Waals surface area (Å²) in [6, 6.07) is 9.43. The number of H-pyrrole nitrogens is 1. The summed E-state index contributed by atoms with van der Waals surface area (Å²) < 4.78 is 6.87. The first-order valence-corrected chi connectivity index (χ1v) is 5.94. The highest BCUT2D eigenvalue weighted by Crippen LogP contribution is 2.08. The third-order valence-electron chi connectivity index (χ3n) is 2.59. The Hall–Kier alpha value is -2.50. The molecule has 0 amide bonds. The standard InChI is InChI=1S/C13H15N3O3/c14-11-9-16(13(18)15-12(11)17)7-4-8-19-10-5-2-1-3-6-10/h1-3,5-6,9H,4,7-8,14H2,(H,15,17,18). The van der Waals surface area contributed by atoms with Crippen molar-refractivity contribution in [3.63, 3.8) is 0 Å². The molecule has 0 unspecified atom stereocenters. The van der Waals surface area contributed by atoms with Gasteiger partial charge >= 0.3 is 5.69 Å². The minimum absolute atomic E-state index is 0.0311. The predicted octanol–water partition coefficient (Wildman–Crippen LogP) is 0.588. The Morgan fingerprint density at radius 3 is 2.68 bits per heavy atom. The van der Waals surface area contributed by atoms with Gasteiger partial charge in [0.2, 0.25) is 0 Å². The number of nitrogens with one attached hydrogen (secondary N) is 1. The van der Waals surface area contributed by atoms with E-state index in [0.29, 0.717) is 19.6 Å². The molecule has 1 heterocycles. The third-order valence-corrected chi connectivity index (χ3v) is 2.59. The van der Waals surface area contributed by atoms with E-state index in [0.717, 1.165) is 5.75 Å². The van der Waals surface area contributed by atoms with Gasteiger partial charge in [-0.15, -0.1) is 0 Å². The molecule has 100 valence electrons. The molecular weight excluding hydrogens is 246 g/mol. The zero-order valence-electron chi connectivity index (χ0n) is 10.3. The van der Waals surface area contributed by atoms with Gasteiger partial charge in [0.15, 0.2) is 0 Å². The number of aromatic amines is 1. The molecule has 2 rings (SSSR count). The first-order chi connectivity index (χ1) is 9.16. The molecular formula is C13H15N3O3. The Bertz CT molecular complexity index is 646. The predicted molar refractivity (Wildman–Crippen MR) is 72.3 cm³/mol. The third kappa shape index (κ3) is 3.48. The molecule has 19 heavy (non-hydrogen) atoms. The van der Waals surface area contributed by atoms with Gasteiger partial charge in [0.25, 0.3) is 5.56 Å². The number of aryl methyl sites for hydroxylation is 1. The molecule has 6 nitrogen and oxygen atoms in total. The summed E-state index contributed by atoms with van der Waals surface area (Å²) in [5, 5.41) is 0. The number of aromatic nitrogens is 2. The van der Waals surface area contributed by atoms with E-state index < -0.39 is 11.2 Å². The number of hydrogen-bond acceptors (Lipinski definition) is 4. The van der Waals surface area contributed by atoms with Gasteiger partial charge in [-0.25, -0.2) is 4.79 Å². The molecule has 0 aliphatic carbocycles. The Morgan fingerprint density at radius 1 is 1.21 bits per heavy atom. The molecule has 0 aliphatic heterocycles. The van der Waals surface area contributed by atoms with Crippen LogP contribution in [0.15, 0.2) is 46.1 Å². The van der Waals surface area contributed by atoms with Crippen molar-refractivity contribution in [1.82, 2.24) is 9.55 Å². The van der Waals surface area contributed by atoms with Crippen molar-refractivity contribution in [3.05, 3.63) is 57.4 Å². The summed E-state index contributed by atoms with van der Waals surface area (Å²) in [6.07, 6.45) is 1.99. The van der Waals surface area contributed by atoms with Crippen LogP contribution in [0.3, 0.4) is 0 Å². The molecule has 0 radical (unpaired) electrons. The number of hydrogen-bond donors (Lipinski definition) is 2.